The average molecular weight is 450 g/mol. The third-order valence-corrected chi connectivity index (χ3v) is 6.68. The standard InChI is InChI=1S/C25H35N7O/c1-2-26-23(30-20-25(11-6-12-25)21-8-4-3-5-9-21)27-15-10-22(33)31-16-18-32(19-17-31)24-28-13-7-14-29-24/h3-5,7-9,13-14H,2,6,10-12,15-20H2,1H3,(H2,26,27,30). The molecule has 8 nitrogen and oxygen atoms in total. The van der Waals surface area contributed by atoms with Gasteiger partial charge in [0.1, 0.15) is 0 Å². The maximum atomic E-state index is 12.7. The molecule has 1 aromatic carbocycles. The van der Waals surface area contributed by atoms with E-state index in [0.717, 1.165) is 38.1 Å². The van der Waals surface area contributed by atoms with E-state index in [-0.39, 0.29) is 11.3 Å². The van der Waals surface area contributed by atoms with E-state index in [0.29, 0.717) is 26.1 Å². The van der Waals surface area contributed by atoms with Crippen LogP contribution in [0.3, 0.4) is 0 Å². The van der Waals surface area contributed by atoms with E-state index in [1.54, 1.807) is 12.4 Å². The lowest BCUT2D eigenvalue weighted by Crippen LogP contribution is -2.50. The molecule has 1 aromatic heterocycles. The zero-order valence-corrected chi connectivity index (χ0v) is 19.5. The third kappa shape index (κ3) is 5.80. The molecular weight excluding hydrogens is 414 g/mol. The summed E-state index contributed by atoms with van der Waals surface area (Å²) < 4.78 is 0. The highest BCUT2D eigenvalue weighted by Gasteiger charge is 2.38. The van der Waals surface area contributed by atoms with Crippen molar-refractivity contribution in [2.45, 2.75) is 38.0 Å². The SMILES string of the molecule is CCNC(=NCC1(c2ccccc2)CCC1)NCCC(=O)N1CCN(c2ncccn2)CC1. The number of rotatable bonds is 8. The summed E-state index contributed by atoms with van der Waals surface area (Å²) in [6.45, 7) is 7.12. The molecule has 2 aliphatic rings. The highest BCUT2D eigenvalue weighted by molar-refractivity contribution is 5.81. The Balaban J connectivity index is 1.24. The van der Waals surface area contributed by atoms with E-state index < -0.39 is 0 Å². The largest absolute Gasteiger partial charge is 0.357 e. The van der Waals surface area contributed by atoms with Gasteiger partial charge in [0, 0.05) is 63.5 Å². The Bertz CT molecular complexity index is 907. The Hall–Kier alpha value is -3.16. The van der Waals surface area contributed by atoms with E-state index in [4.69, 9.17) is 4.99 Å². The van der Waals surface area contributed by atoms with Crippen LogP contribution in [0, 0.1) is 0 Å². The number of carbonyl (C=O) groups excluding carboxylic acids is 1. The number of guanidine groups is 1. The molecule has 1 amide bonds. The first-order chi connectivity index (χ1) is 16.2. The third-order valence-electron chi connectivity index (χ3n) is 6.68. The maximum Gasteiger partial charge on any atom is 0.225 e. The Morgan fingerprint density at radius 1 is 1.03 bits per heavy atom. The molecule has 0 unspecified atom stereocenters. The van der Waals surface area contributed by atoms with Gasteiger partial charge in [0.05, 0.1) is 6.54 Å². The predicted octanol–water partition coefficient (Wildman–Crippen LogP) is 2.19. The molecule has 176 valence electrons. The quantitative estimate of drug-likeness (QED) is 0.475. The number of amides is 1. The fourth-order valence-electron chi connectivity index (χ4n) is 4.56. The van der Waals surface area contributed by atoms with Gasteiger partial charge in [0.2, 0.25) is 11.9 Å². The van der Waals surface area contributed by atoms with Gasteiger partial charge in [-0.1, -0.05) is 36.8 Å². The van der Waals surface area contributed by atoms with Crippen molar-refractivity contribution in [3.8, 4) is 0 Å². The first-order valence-electron chi connectivity index (χ1n) is 12.1. The van der Waals surface area contributed by atoms with Gasteiger partial charge in [-0.2, -0.15) is 0 Å². The first-order valence-corrected chi connectivity index (χ1v) is 12.1. The lowest BCUT2D eigenvalue weighted by molar-refractivity contribution is -0.131. The van der Waals surface area contributed by atoms with E-state index in [1.807, 2.05) is 11.0 Å². The lowest BCUT2D eigenvalue weighted by atomic mass is 9.64. The van der Waals surface area contributed by atoms with Gasteiger partial charge < -0.3 is 20.4 Å². The highest BCUT2D eigenvalue weighted by Crippen LogP contribution is 2.43. The van der Waals surface area contributed by atoms with Crippen molar-refractivity contribution in [2.24, 2.45) is 4.99 Å². The smallest absolute Gasteiger partial charge is 0.225 e. The van der Waals surface area contributed by atoms with E-state index >= 15 is 0 Å². The number of nitrogens with one attached hydrogen (secondary N) is 2. The molecule has 1 aliphatic heterocycles. The number of benzene rings is 1. The van der Waals surface area contributed by atoms with Crippen molar-refractivity contribution in [3.05, 3.63) is 54.4 Å². The van der Waals surface area contributed by atoms with Gasteiger partial charge in [-0.25, -0.2) is 9.97 Å². The molecule has 1 aliphatic carbocycles. The number of aliphatic imine (C=N–C) groups is 1. The van der Waals surface area contributed by atoms with Gasteiger partial charge in [0.15, 0.2) is 5.96 Å². The summed E-state index contributed by atoms with van der Waals surface area (Å²) >= 11 is 0. The summed E-state index contributed by atoms with van der Waals surface area (Å²) in [6, 6.07) is 12.5. The zero-order valence-electron chi connectivity index (χ0n) is 19.5. The number of hydrogen-bond donors (Lipinski definition) is 2. The molecule has 0 bridgehead atoms. The first kappa shape index (κ1) is 23.0. The number of anilines is 1. The fraction of sp³-hybridized carbons (Fsp3) is 0.520. The molecule has 8 heteroatoms. The molecule has 1 saturated carbocycles. The van der Waals surface area contributed by atoms with Crippen LogP contribution in [-0.4, -0.2) is 72.5 Å². The second-order valence-corrected chi connectivity index (χ2v) is 8.79. The van der Waals surface area contributed by atoms with Crippen molar-refractivity contribution in [2.75, 3.05) is 50.7 Å². The molecule has 0 radical (unpaired) electrons. The summed E-state index contributed by atoms with van der Waals surface area (Å²) in [5, 5.41) is 6.68. The highest BCUT2D eigenvalue weighted by atomic mass is 16.2. The molecule has 0 atom stereocenters. The van der Waals surface area contributed by atoms with Gasteiger partial charge in [0.25, 0.3) is 0 Å². The monoisotopic (exact) mass is 449 g/mol. The molecule has 4 rings (SSSR count). The van der Waals surface area contributed by atoms with Crippen LogP contribution in [0.5, 0.6) is 0 Å². The lowest BCUT2D eigenvalue weighted by Gasteiger charge is -2.41. The molecule has 2 heterocycles. The minimum atomic E-state index is 0.154. The van der Waals surface area contributed by atoms with E-state index in [2.05, 4.69) is 62.8 Å². The summed E-state index contributed by atoms with van der Waals surface area (Å²) in [5.74, 6) is 1.70. The number of nitrogens with zero attached hydrogens (tertiary/aromatic N) is 5. The van der Waals surface area contributed by atoms with Crippen LogP contribution in [0.15, 0.2) is 53.8 Å². The van der Waals surface area contributed by atoms with Crippen LogP contribution in [0.4, 0.5) is 5.95 Å². The number of piperazine rings is 1. The Morgan fingerprint density at radius 2 is 1.76 bits per heavy atom. The van der Waals surface area contributed by atoms with Crippen LogP contribution in [-0.2, 0) is 10.2 Å². The van der Waals surface area contributed by atoms with Crippen molar-refractivity contribution < 1.29 is 4.79 Å². The van der Waals surface area contributed by atoms with Crippen molar-refractivity contribution >= 4 is 17.8 Å². The molecule has 2 fully saturated rings. The summed E-state index contributed by atoms with van der Waals surface area (Å²) in [7, 11) is 0. The minimum Gasteiger partial charge on any atom is -0.357 e. The van der Waals surface area contributed by atoms with Gasteiger partial charge in [-0.15, -0.1) is 0 Å². The Kier molecular flexibility index (Phi) is 7.75. The van der Waals surface area contributed by atoms with Gasteiger partial charge in [-0.3, -0.25) is 9.79 Å². The molecule has 2 N–H and O–H groups in total. The second kappa shape index (κ2) is 11.1. The predicted molar refractivity (Wildman–Crippen MR) is 131 cm³/mol. The van der Waals surface area contributed by atoms with Gasteiger partial charge in [-0.05, 0) is 31.4 Å². The second-order valence-electron chi connectivity index (χ2n) is 8.79. The summed E-state index contributed by atoms with van der Waals surface area (Å²) in [5.41, 5.74) is 1.53. The molecule has 2 aromatic rings. The van der Waals surface area contributed by atoms with E-state index in [9.17, 15) is 4.79 Å². The molecule has 33 heavy (non-hydrogen) atoms. The molecular formula is C25H35N7O. The number of carbonyl (C=O) groups is 1. The van der Waals surface area contributed by atoms with Crippen LogP contribution in [0.1, 0.15) is 38.2 Å². The van der Waals surface area contributed by atoms with Crippen LogP contribution < -0.4 is 15.5 Å². The van der Waals surface area contributed by atoms with Crippen LogP contribution in [0.2, 0.25) is 0 Å². The van der Waals surface area contributed by atoms with Gasteiger partial charge >= 0.3 is 0 Å². The summed E-state index contributed by atoms with van der Waals surface area (Å²) in [4.78, 5) is 30.3. The number of hydrogen-bond acceptors (Lipinski definition) is 5. The normalized spacial score (nSPS) is 17.9. The molecule has 0 spiro atoms. The fourth-order valence-corrected chi connectivity index (χ4v) is 4.56. The topological polar surface area (TPSA) is 85.8 Å². The summed E-state index contributed by atoms with van der Waals surface area (Å²) in [6.07, 6.45) is 7.57. The zero-order chi connectivity index (χ0) is 22.9. The maximum absolute atomic E-state index is 12.7. The number of aromatic nitrogens is 2. The Labute approximate surface area is 196 Å². The Morgan fingerprint density at radius 3 is 2.39 bits per heavy atom. The van der Waals surface area contributed by atoms with Crippen LogP contribution >= 0.6 is 0 Å². The average Bonchev–Trinajstić information content (AvgIpc) is 2.84. The minimum absolute atomic E-state index is 0.154. The van der Waals surface area contributed by atoms with Crippen LogP contribution in [0.25, 0.3) is 0 Å². The van der Waals surface area contributed by atoms with E-state index in [1.165, 1.54) is 24.8 Å². The van der Waals surface area contributed by atoms with Crippen molar-refractivity contribution in [3.63, 3.8) is 0 Å². The van der Waals surface area contributed by atoms with Crippen molar-refractivity contribution in [1.82, 2.24) is 25.5 Å². The van der Waals surface area contributed by atoms with Crippen molar-refractivity contribution in [1.29, 1.82) is 0 Å². The molecule has 1 saturated heterocycles.